The van der Waals surface area contributed by atoms with Crippen molar-refractivity contribution in [3.8, 4) is 0 Å². The fraction of sp³-hybridized carbons (Fsp3) is 0.533. The molecular formula is C15H21NO3. The standard InChI is InChI=1S/C15H21NO3/c1-12-6-5-9-16(14(12)10-17)15(18)19-11-13-7-3-2-4-8-13/h2-4,7-8,12,14,17H,5-6,9-11H2,1H3/t12-,14+/m0/s1. The minimum atomic E-state index is -0.325. The van der Waals surface area contributed by atoms with Crippen molar-refractivity contribution in [1.82, 2.24) is 4.90 Å². The molecular weight excluding hydrogens is 242 g/mol. The van der Waals surface area contributed by atoms with E-state index in [4.69, 9.17) is 4.74 Å². The Morgan fingerprint density at radius 2 is 2.16 bits per heavy atom. The monoisotopic (exact) mass is 263 g/mol. The van der Waals surface area contributed by atoms with Crippen LogP contribution in [0.1, 0.15) is 25.3 Å². The van der Waals surface area contributed by atoms with Crippen molar-refractivity contribution in [3.63, 3.8) is 0 Å². The molecule has 1 amide bonds. The average Bonchev–Trinajstić information content (AvgIpc) is 2.45. The van der Waals surface area contributed by atoms with Gasteiger partial charge in [0.05, 0.1) is 12.6 Å². The number of hydrogen-bond donors (Lipinski definition) is 1. The highest BCUT2D eigenvalue weighted by Gasteiger charge is 2.32. The maximum Gasteiger partial charge on any atom is 0.410 e. The van der Waals surface area contributed by atoms with E-state index in [0.29, 0.717) is 12.5 Å². The molecule has 1 saturated heterocycles. The molecule has 104 valence electrons. The maximum absolute atomic E-state index is 12.1. The first kappa shape index (κ1) is 13.9. The molecule has 4 nitrogen and oxygen atoms in total. The second-order valence-corrected chi connectivity index (χ2v) is 5.10. The van der Waals surface area contributed by atoms with Crippen LogP contribution in [0, 0.1) is 5.92 Å². The fourth-order valence-corrected chi connectivity index (χ4v) is 2.56. The summed E-state index contributed by atoms with van der Waals surface area (Å²) in [6.07, 6.45) is 1.70. The van der Waals surface area contributed by atoms with Crippen LogP contribution in [0.5, 0.6) is 0 Å². The Hall–Kier alpha value is -1.55. The van der Waals surface area contributed by atoms with Gasteiger partial charge in [0.25, 0.3) is 0 Å². The number of benzene rings is 1. The number of likely N-dealkylation sites (tertiary alicyclic amines) is 1. The summed E-state index contributed by atoms with van der Waals surface area (Å²) in [6, 6.07) is 9.51. The maximum atomic E-state index is 12.1. The van der Waals surface area contributed by atoms with Gasteiger partial charge in [-0.2, -0.15) is 0 Å². The molecule has 1 fully saturated rings. The number of carbonyl (C=O) groups is 1. The highest BCUT2D eigenvalue weighted by molar-refractivity contribution is 5.68. The molecule has 1 heterocycles. The van der Waals surface area contributed by atoms with Crippen molar-refractivity contribution in [1.29, 1.82) is 0 Å². The number of rotatable bonds is 3. The van der Waals surface area contributed by atoms with Crippen molar-refractivity contribution >= 4 is 6.09 Å². The van der Waals surface area contributed by atoms with Gasteiger partial charge in [-0.05, 0) is 24.3 Å². The molecule has 4 heteroatoms. The van der Waals surface area contributed by atoms with E-state index in [1.807, 2.05) is 30.3 Å². The van der Waals surface area contributed by atoms with Crippen molar-refractivity contribution in [2.24, 2.45) is 5.92 Å². The number of aliphatic hydroxyl groups is 1. The van der Waals surface area contributed by atoms with Crippen LogP contribution in [0.3, 0.4) is 0 Å². The lowest BCUT2D eigenvalue weighted by Crippen LogP contribution is -2.49. The van der Waals surface area contributed by atoms with Gasteiger partial charge in [-0.1, -0.05) is 37.3 Å². The second-order valence-electron chi connectivity index (χ2n) is 5.10. The zero-order chi connectivity index (χ0) is 13.7. The number of hydrogen-bond acceptors (Lipinski definition) is 3. The lowest BCUT2D eigenvalue weighted by atomic mass is 9.92. The molecule has 2 atom stereocenters. The fourth-order valence-electron chi connectivity index (χ4n) is 2.56. The summed E-state index contributed by atoms with van der Waals surface area (Å²) >= 11 is 0. The zero-order valence-corrected chi connectivity index (χ0v) is 11.3. The van der Waals surface area contributed by atoms with Crippen LogP contribution in [0.15, 0.2) is 30.3 Å². The number of aliphatic hydroxyl groups excluding tert-OH is 1. The summed E-state index contributed by atoms with van der Waals surface area (Å²) in [5.74, 6) is 0.322. The van der Waals surface area contributed by atoms with E-state index in [1.165, 1.54) is 0 Å². The smallest absolute Gasteiger partial charge is 0.410 e. The summed E-state index contributed by atoms with van der Waals surface area (Å²) in [5.41, 5.74) is 0.974. The van der Waals surface area contributed by atoms with E-state index >= 15 is 0 Å². The molecule has 1 aliphatic heterocycles. The quantitative estimate of drug-likeness (QED) is 0.911. The third kappa shape index (κ3) is 3.47. The second kappa shape index (κ2) is 6.57. The van der Waals surface area contributed by atoms with Gasteiger partial charge in [-0.15, -0.1) is 0 Å². The first-order valence-corrected chi connectivity index (χ1v) is 6.80. The zero-order valence-electron chi connectivity index (χ0n) is 11.3. The Kier molecular flexibility index (Phi) is 4.80. The van der Waals surface area contributed by atoms with E-state index in [1.54, 1.807) is 4.90 Å². The number of piperidine rings is 1. The topological polar surface area (TPSA) is 49.8 Å². The van der Waals surface area contributed by atoms with Crippen LogP contribution in [0.4, 0.5) is 4.79 Å². The SMILES string of the molecule is C[C@H]1CCCN(C(=O)OCc2ccccc2)[C@@H]1CO. The lowest BCUT2D eigenvalue weighted by Gasteiger charge is -2.38. The molecule has 0 bridgehead atoms. The van der Waals surface area contributed by atoms with Gasteiger partial charge >= 0.3 is 6.09 Å². The summed E-state index contributed by atoms with van der Waals surface area (Å²) in [5, 5.41) is 9.42. The molecule has 1 aromatic carbocycles. The molecule has 2 rings (SSSR count). The van der Waals surface area contributed by atoms with Crippen LogP contribution in [-0.2, 0) is 11.3 Å². The molecule has 0 aromatic heterocycles. The summed E-state index contributed by atoms with van der Waals surface area (Å²) < 4.78 is 5.32. The van der Waals surface area contributed by atoms with Gasteiger partial charge in [0.15, 0.2) is 0 Å². The Labute approximate surface area is 114 Å². The van der Waals surface area contributed by atoms with Gasteiger partial charge in [-0.25, -0.2) is 4.79 Å². The molecule has 0 radical (unpaired) electrons. The minimum Gasteiger partial charge on any atom is -0.445 e. The van der Waals surface area contributed by atoms with Crippen molar-refractivity contribution in [3.05, 3.63) is 35.9 Å². The third-order valence-corrected chi connectivity index (χ3v) is 3.74. The molecule has 1 N–H and O–H groups in total. The van der Waals surface area contributed by atoms with E-state index in [2.05, 4.69) is 6.92 Å². The number of ether oxygens (including phenoxy) is 1. The van der Waals surface area contributed by atoms with Crippen molar-refractivity contribution in [2.45, 2.75) is 32.4 Å². The van der Waals surface area contributed by atoms with Gasteiger partial charge in [0.2, 0.25) is 0 Å². The molecule has 0 aliphatic carbocycles. The van der Waals surface area contributed by atoms with E-state index in [0.717, 1.165) is 18.4 Å². The summed E-state index contributed by atoms with van der Waals surface area (Å²) in [6.45, 7) is 3.02. The van der Waals surface area contributed by atoms with Gasteiger partial charge < -0.3 is 14.7 Å². The number of amides is 1. The molecule has 19 heavy (non-hydrogen) atoms. The van der Waals surface area contributed by atoms with E-state index in [9.17, 15) is 9.90 Å². The Morgan fingerprint density at radius 3 is 2.84 bits per heavy atom. The van der Waals surface area contributed by atoms with Crippen LogP contribution >= 0.6 is 0 Å². The third-order valence-electron chi connectivity index (χ3n) is 3.74. The molecule has 1 aliphatic rings. The van der Waals surface area contributed by atoms with Gasteiger partial charge in [0.1, 0.15) is 6.61 Å². The highest BCUT2D eigenvalue weighted by Crippen LogP contribution is 2.23. The number of carbonyl (C=O) groups excluding carboxylic acids is 1. The van der Waals surface area contributed by atoms with E-state index in [-0.39, 0.29) is 25.3 Å². The summed E-state index contributed by atoms with van der Waals surface area (Å²) in [4.78, 5) is 13.7. The Morgan fingerprint density at radius 1 is 1.42 bits per heavy atom. The van der Waals surface area contributed by atoms with Crippen LogP contribution in [0.2, 0.25) is 0 Å². The molecule has 1 aromatic rings. The van der Waals surface area contributed by atoms with Crippen LogP contribution in [-0.4, -0.2) is 35.3 Å². The number of nitrogens with zero attached hydrogens (tertiary/aromatic N) is 1. The Balaban J connectivity index is 1.91. The van der Waals surface area contributed by atoms with Crippen LogP contribution < -0.4 is 0 Å². The predicted molar refractivity (Wildman–Crippen MR) is 72.6 cm³/mol. The average molecular weight is 263 g/mol. The highest BCUT2D eigenvalue weighted by atomic mass is 16.6. The largest absolute Gasteiger partial charge is 0.445 e. The van der Waals surface area contributed by atoms with Crippen molar-refractivity contribution in [2.75, 3.05) is 13.2 Å². The molecule has 0 spiro atoms. The predicted octanol–water partition coefficient (Wildman–Crippen LogP) is 2.42. The van der Waals surface area contributed by atoms with Crippen LogP contribution in [0.25, 0.3) is 0 Å². The first-order valence-electron chi connectivity index (χ1n) is 6.80. The van der Waals surface area contributed by atoms with E-state index < -0.39 is 0 Å². The minimum absolute atomic E-state index is 0.00159. The molecule has 0 saturated carbocycles. The molecule has 0 unspecified atom stereocenters. The van der Waals surface area contributed by atoms with Gasteiger partial charge in [0, 0.05) is 6.54 Å². The summed E-state index contributed by atoms with van der Waals surface area (Å²) in [7, 11) is 0. The van der Waals surface area contributed by atoms with Gasteiger partial charge in [-0.3, -0.25) is 0 Å². The van der Waals surface area contributed by atoms with Crippen molar-refractivity contribution < 1.29 is 14.6 Å². The normalized spacial score (nSPS) is 23.2. The Bertz CT molecular complexity index is 407. The first-order chi connectivity index (χ1) is 9.22. The lowest BCUT2D eigenvalue weighted by molar-refractivity contribution is 0.0301.